The first-order chi connectivity index (χ1) is 9.10. The van der Waals surface area contributed by atoms with Crippen molar-refractivity contribution in [2.75, 3.05) is 13.6 Å². The third-order valence-corrected chi connectivity index (χ3v) is 3.78. The predicted molar refractivity (Wildman–Crippen MR) is 81.7 cm³/mol. The number of aromatic nitrogens is 1. The summed E-state index contributed by atoms with van der Waals surface area (Å²) in [6.45, 7) is 4.03. The summed E-state index contributed by atoms with van der Waals surface area (Å²) < 4.78 is 0. The second kappa shape index (κ2) is 6.38. The first kappa shape index (κ1) is 14.3. The number of hydrogen-bond donors (Lipinski definition) is 0. The summed E-state index contributed by atoms with van der Waals surface area (Å²) >= 11 is 12.0. The van der Waals surface area contributed by atoms with E-state index < -0.39 is 0 Å². The third kappa shape index (κ3) is 3.69. The number of nitrogens with zero attached hydrogens (tertiary/aromatic N) is 2. The van der Waals surface area contributed by atoms with Gasteiger partial charge in [-0.15, -0.1) is 0 Å². The van der Waals surface area contributed by atoms with Gasteiger partial charge in [-0.3, -0.25) is 4.98 Å². The van der Waals surface area contributed by atoms with Crippen LogP contribution >= 0.6 is 23.2 Å². The summed E-state index contributed by atoms with van der Waals surface area (Å²) in [6.07, 6.45) is 3.74. The Kier molecular flexibility index (Phi) is 4.81. The average molecular weight is 295 g/mol. The molecule has 2 rings (SSSR count). The third-order valence-electron chi connectivity index (χ3n) is 3.04. The van der Waals surface area contributed by atoms with Crippen LogP contribution in [0.15, 0.2) is 36.7 Å². The summed E-state index contributed by atoms with van der Waals surface area (Å²) in [5.74, 6) is 0. The van der Waals surface area contributed by atoms with Crippen molar-refractivity contribution in [2.45, 2.75) is 13.5 Å². The minimum Gasteiger partial charge on any atom is -0.302 e. The lowest BCUT2D eigenvalue weighted by Gasteiger charge is -2.14. The van der Waals surface area contributed by atoms with E-state index in [1.807, 2.05) is 30.6 Å². The summed E-state index contributed by atoms with van der Waals surface area (Å²) in [7, 11) is 2.09. The Morgan fingerprint density at radius 3 is 2.53 bits per heavy atom. The van der Waals surface area contributed by atoms with E-state index >= 15 is 0 Å². The van der Waals surface area contributed by atoms with Gasteiger partial charge in [-0.1, -0.05) is 36.2 Å². The van der Waals surface area contributed by atoms with Crippen LogP contribution in [-0.4, -0.2) is 23.5 Å². The minimum atomic E-state index is 0.565. The van der Waals surface area contributed by atoms with Gasteiger partial charge in [-0.25, -0.2) is 0 Å². The molecule has 0 bridgehead atoms. The Morgan fingerprint density at radius 2 is 1.84 bits per heavy atom. The van der Waals surface area contributed by atoms with E-state index in [0.717, 1.165) is 24.2 Å². The number of hydrogen-bond acceptors (Lipinski definition) is 2. The molecule has 2 aromatic rings. The maximum absolute atomic E-state index is 6.05. The van der Waals surface area contributed by atoms with Gasteiger partial charge in [0.15, 0.2) is 0 Å². The van der Waals surface area contributed by atoms with Crippen molar-refractivity contribution in [3.8, 4) is 11.1 Å². The normalized spacial score (nSPS) is 11.0. The molecule has 0 spiro atoms. The first-order valence-electron chi connectivity index (χ1n) is 6.18. The molecular weight excluding hydrogens is 279 g/mol. The summed E-state index contributed by atoms with van der Waals surface area (Å²) in [5, 5.41) is 1.13. The monoisotopic (exact) mass is 294 g/mol. The van der Waals surface area contributed by atoms with Crippen LogP contribution in [-0.2, 0) is 6.54 Å². The van der Waals surface area contributed by atoms with E-state index in [-0.39, 0.29) is 0 Å². The molecule has 0 aliphatic carbocycles. The maximum Gasteiger partial charge on any atom is 0.0598 e. The van der Waals surface area contributed by atoms with Gasteiger partial charge in [0.05, 0.1) is 10.0 Å². The number of pyridine rings is 1. The highest BCUT2D eigenvalue weighted by Gasteiger charge is 2.05. The molecular formula is C15H16Cl2N2. The molecule has 1 aromatic heterocycles. The first-order valence-corrected chi connectivity index (χ1v) is 6.93. The van der Waals surface area contributed by atoms with Crippen molar-refractivity contribution in [1.82, 2.24) is 9.88 Å². The lowest BCUT2D eigenvalue weighted by atomic mass is 10.1. The molecule has 1 heterocycles. The molecule has 0 fully saturated rings. The van der Waals surface area contributed by atoms with Gasteiger partial charge in [0, 0.05) is 24.5 Å². The van der Waals surface area contributed by atoms with Crippen molar-refractivity contribution >= 4 is 23.2 Å². The number of benzene rings is 1. The fourth-order valence-corrected chi connectivity index (χ4v) is 2.13. The predicted octanol–water partition coefficient (Wildman–Crippen LogP) is 4.51. The molecule has 0 radical (unpaired) electrons. The molecule has 0 unspecified atom stereocenters. The molecule has 0 aliphatic heterocycles. The zero-order valence-electron chi connectivity index (χ0n) is 11.0. The Hall–Kier alpha value is -1.09. The highest BCUT2D eigenvalue weighted by Crippen LogP contribution is 2.28. The summed E-state index contributed by atoms with van der Waals surface area (Å²) in [5.41, 5.74) is 3.27. The summed E-state index contributed by atoms with van der Waals surface area (Å²) in [4.78, 5) is 6.53. The van der Waals surface area contributed by atoms with Crippen molar-refractivity contribution in [1.29, 1.82) is 0 Å². The molecule has 0 saturated heterocycles. The van der Waals surface area contributed by atoms with Crippen LogP contribution in [0.2, 0.25) is 10.0 Å². The smallest absolute Gasteiger partial charge is 0.0598 e. The van der Waals surface area contributed by atoms with Crippen molar-refractivity contribution in [3.63, 3.8) is 0 Å². The Bertz CT molecular complexity index is 570. The Labute approximate surface area is 124 Å². The van der Waals surface area contributed by atoms with E-state index in [1.54, 1.807) is 0 Å². The molecule has 0 N–H and O–H groups in total. The van der Waals surface area contributed by atoms with Crippen LogP contribution in [0, 0.1) is 0 Å². The molecule has 0 amide bonds. The fourth-order valence-electron chi connectivity index (χ4n) is 1.83. The van der Waals surface area contributed by atoms with E-state index in [2.05, 4.69) is 29.9 Å². The van der Waals surface area contributed by atoms with Gasteiger partial charge in [0.1, 0.15) is 0 Å². The van der Waals surface area contributed by atoms with Gasteiger partial charge in [0.25, 0.3) is 0 Å². The van der Waals surface area contributed by atoms with E-state index in [9.17, 15) is 0 Å². The van der Waals surface area contributed by atoms with Gasteiger partial charge in [-0.05, 0) is 42.9 Å². The molecule has 2 nitrogen and oxygen atoms in total. The lowest BCUT2D eigenvalue weighted by Crippen LogP contribution is -2.16. The van der Waals surface area contributed by atoms with Crippen LogP contribution in [0.25, 0.3) is 11.1 Å². The zero-order valence-corrected chi connectivity index (χ0v) is 12.5. The van der Waals surface area contributed by atoms with Gasteiger partial charge in [-0.2, -0.15) is 0 Å². The second-order valence-electron chi connectivity index (χ2n) is 4.54. The molecule has 4 heteroatoms. The number of rotatable bonds is 4. The molecule has 0 saturated carbocycles. The molecule has 19 heavy (non-hydrogen) atoms. The minimum absolute atomic E-state index is 0.565. The lowest BCUT2D eigenvalue weighted by molar-refractivity contribution is 0.345. The average Bonchev–Trinajstić information content (AvgIpc) is 2.42. The molecule has 1 aromatic carbocycles. The topological polar surface area (TPSA) is 16.1 Å². The van der Waals surface area contributed by atoms with Crippen molar-refractivity contribution in [3.05, 3.63) is 52.3 Å². The highest BCUT2D eigenvalue weighted by molar-refractivity contribution is 6.42. The van der Waals surface area contributed by atoms with E-state index in [4.69, 9.17) is 23.2 Å². The van der Waals surface area contributed by atoms with Gasteiger partial charge < -0.3 is 4.90 Å². The molecule has 0 atom stereocenters. The van der Waals surface area contributed by atoms with E-state index in [1.165, 1.54) is 5.56 Å². The maximum atomic E-state index is 6.05. The van der Waals surface area contributed by atoms with Crippen LogP contribution in [0.4, 0.5) is 0 Å². The van der Waals surface area contributed by atoms with Gasteiger partial charge >= 0.3 is 0 Å². The standard InChI is InChI=1S/C15H16Cl2N2/c1-3-19(2)10-11-6-13(9-18-8-11)12-4-5-14(16)15(17)7-12/h4-9H,3,10H2,1-2H3. The van der Waals surface area contributed by atoms with Crippen LogP contribution in [0.5, 0.6) is 0 Å². The van der Waals surface area contributed by atoms with Crippen LogP contribution < -0.4 is 0 Å². The van der Waals surface area contributed by atoms with Crippen molar-refractivity contribution < 1.29 is 0 Å². The zero-order chi connectivity index (χ0) is 13.8. The van der Waals surface area contributed by atoms with E-state index in [0.29, 0.717) is 10.0 Å². The van der Waals surface area contributed by atoms with Crippen LogP contribution in [0.1, 0.15) is 12.5 Å². The van der Waals surface area contributed by atoms with Gasteiger partial charge in [0.2, 0.25) is 0 Å². The SMILES string of the molecule is CCN(C)Cc1cncc(-c2ccc(Cl)c(Cl)c2)c1. The number of halogens is 2. The molecule has 100 valence electrons. The van der Waals surface area contributed by atoms with Crippen molar-refractivity contribution in [2.24, 2.45) is 0 Å². The highest BCUT2D eigenvalue weighted by atomic mass is 35.5. The quantitative estimate of drug-likeness (QED) is 0.825. The fraction of sp³-hybridized carbons (Fsp3) is 0.267. The largest absolute Gasteiger partial charge is 0.302 e. The Morgan fingerprint density at radius 1 is 1.05 bits per heavy atom. The summed E-state index contributed by atoms with van der Waals surface area (Å²) in [6, 6.07) is 7.77. The molecule has 0 aliphatic rings. The Balaban J connectivity index is 2.29. The van der Waals surface area contributed by atoms with Crippen LogP contribution in [0.3, 0.4) is 0 Å². The second-order valence-corrected chi connectivity index (χ2v) is 5.36.